The molecule has 3 N–H and O–H groups in total. The Hall–Kier alpha value is -2.94. The van der Waals surface area contributed by atoms with Gasteiger partial charge in [-0.1, -0.05) is 11.3 Å². The summed E-state index contributed by atoms with van der Waals surface area (Å²) in [6.07, 6.45) is 0. The number of hydrogen-bond donors (Lipinski definition) is 2. The van der Waals surface area contributed by atoms with Crippen LogP contribution in [0.4, 0.5) is 19.6 Å². The molecule has 0 fully saturated rings. The SMILES string of the molecule is COc1ccc2nc(N)sc2c1C(=O)Nc1ccc(OC(F)F)cc1C. The van der Waals surface area contributed by atoms with E-state index in [0.717, 1.165) is 0 Å². The number of ether oxygens (including phenoxy) is 2. The molecular weight excluding hydrogens is 364 g/mol. The summed E-state index contributed by atoms with van der Waals surface area (Å²) in [5, 5.41) is 3.10. The fourth-order valence-electron chi connectivity index (χ4n) is 2.51. The zero-order chi connectivity index (χ0) is 18.8. The monoisotopic (exact) mass is 379 g/mol. The third-order valence-corrected chi connectivity index (χ3v) is 4.57. The number of thiazole rings is 1. The molecule has 1 amide bonds. The average molecular weight is 379 g/mol. The number of alkyl halides is 2. The van der Waals surface area contributed by atoms with Gasteiger partial charge >= 0.3 is 6.61 Å². The molecule has 2 aromatic carbocycles. The van der Waals surface area contributed by atoms with Crippen molar-refractivity contribution < 1.29 is 23.0 Å². The van der Waals surface area contributed by atoms with Gasteiger partial charge < -0.3 is 20.5 Å². The Labute approximate surface area is 151 Å². The molecule has 0 bridgehead atoms. The summed E-state index contributed by atoms with van der Waals surface area (Å²) in [7, 11) is 1.46. The lowest BCUT2D eigenvalue weighted by Gasteiger charge is -2.13. The summed E-state index contributed by atoms with van der Waals surface area (Å²) >= 11 is 1.18. The van der Waals surface area contributed by atoms with Crippen LogP contribution in [-0.4, -0.2) is 24.6 Å². The van der Waals surface area contributed by atoms with Gasteiger partial charge in [-0.25, -0.2) is 4.98 Å². The number of nitrogens with zero attached hydrogens (tertiary/aromatic N) is 1. The molecule has 136 valence electrons. The maximum Gasteiger partial charge on any atom is 0.387 e. The predicted molar refractivity (Wildman–Crippen MR) is 96.3 cm³/mol. The highest BCUT2D eigenvalue weighted by atomic mass is 32.1. The lowest BCUT2D eigenvalue weighted by atomic mass is 10.1. The van der Waals surface area contributed by atoms with Crippen LogP contribution in [0.3, 0.4) is 0 Å². The van der Waals surface area contributed by atoms with Crippen LogP contribution < -0.4 is 20.5 Å². The number of carbonyl (C=O) groups excluding carboxylic acids is 1. The molecule has 0 radical (unpaired) electrons. The first-order valence-corrected chi connectivity index (χ1v) is 8.30. The van der Waals surface area contributed by atoms with Crippen LogP contribution in [0.2, 0.25) is 0 Å². The van der Waals surface area contributed by atoms with Crippen molar-refractivity contribution in [1.29, 1.82) is 0 Å². The van der Waals surface area contributed by atoms with E-state index < -0.39 is 12.5 Å². The normalized spacial score (nSPS) is 11.0. The quantitative estimate of drug-likeness (QED) is 0.698. The molecule has 0 atom stereocenters. The number of anilines is 2. The third kappa shape index (κ3) is 3.52. The molecule has 0 aliphatic rings. The van der Waals surface area contributed by atoms with Crippen molar-refractivity contribution in [3.05, 3.63) is 41.5 Å². The van der Waals surface area contributed by atoms with Crippen LogP contribution in [0.15, 0.2) is 30.3 Å². The van der Waals surface area contributed by atoms with E-state index in [1.807, 2.05) is 0 Å². The number of benzene rings is 2. The molecule has 1 aromatic heterocycles. The van der Waals surface area contributed by atoms with Crippen LogP contribution in [-0.2, 0) is 0 Å². The molecule has 0 saturated carbocycles. The van der Waals surface area contributed by atoms with Crippen molar-refractivity contribution in [3.63, 3.8) is 0 Å². The number of amides is 1. The third-order valence-electron chi connectivity index (χ3n) is 3.65. The molecule has 6 nitrogen and oxygen atoms in total. The van der Waals surface area contributed by atoms with Gasteiger partial charge in [-0.2, -0.15) is 8.78 Å². The van der Waals surface area contributed by atoms with Crippen molar-refractivity contribution in [2.45, 2.75) is 13.5 Å². The molecular formula is C17H15F2N3O3S. The van der Waals surface area contributed by atoms with E-state index >= 15 is 0 Å². The van der Waals surface area contributed by atoms with Crippen molar-refractivity contribution in [3.8, 4) is 11.5 Å². The predicted octanol–water partition coefficient (Wildman–Crippen LogP) is 4.05. The van der Waals surface area contributed by atoms with Gasteiger partial charge in [-0.05, 0) is 42.8 Å². The first-order valence-electron chi connectivity index (χ1n) is 7.49. The molecule has 9 heteroatoms. The van der Waals surface area contributed by atoms with E-state index in [2.05, 4.69) is 15.0 Å². The van der Waals surface area contributed by atoms with Gasteiger partial charge in [0.25, 0.3) is 5.91 Å². The fourth-order valence-corrected chi connectivity index (χ4v) is 3.38. The number of rotatable bonds is 5. The molecule has 0 saturated heterocycles. The van der Waals surface area contributed by atoms with Gasteiger partial charge in [0.05, 0.1) is 17.3 Å². The van der Waals surface area contributed by atoms with E-state index in [4.69, 9.17) is 10.5 Å². The van der Waals surface area contributed by atoms with E-state index in [1.165, 1.54) is 36.6 Å². The molecule has 3 aromatic rings. The molecule has 0 aliphatic carbocycles. The highest BCUT2D eigenvalue weighted by Gasteiger charge is 2.20. The van der Waals surface area contributed by atoms with Crippen molar-refractivity contribution in [1.82, 2.24) is 4.98 Å². The molecule has 0 unspecified atom stereocenters. The van der Waals surface area contributed by atoms with Gasteiger partial charge in [0.2, 0.25) is 0 Å². The van der Waals surface area contributed by atoms with Gasteiger partial charge in [0.1, 0.15) is 17.1 Å². The maximum absolute atomic E-state index is 12.8. The van der Waals surface area contributed by atoms with Crippen molar-refractivity contribution in [2.24, 2.45) is 0 Å². The minimum absolute atomic E-state index is 0.0189. The smallest absolute Gasteiger partial charge is 0.387 e. The number of halogens is 2. The maximum atomic E-state index is 12.8. The first-order chi connectivity index (χ1) is 12.4. The Balaban J connectivity index is 1.94. The van der Waals surface area contributed by atoms with Gasteiger partial charge in [0, 0.05) is 5.69 Å². The van der Waals surface area contributed by atoms with E-state index in [1.54, 1.807) is 19.1 Å². The zero-order valence-electron chi connectivity index (χ0n) is 13.9. The average Bonchev–Trinajstić information content (AvgIpc) is 2.95. The molecule has 0 spiro atoms. The Morgan fingerprint density at radius 1 is 1.31 bits per heavy atom. The lowest BCUT2D eigenvalue weighted by Crippen LogP contribution is -2.14. The van der Waals surface area contributed by atoms with E-state index in [-0.39, 0.29) is 5.75 Å². The summed E-state index contributed by atoms with van der Waals surface area (Å²) < 4.78 is 34.8. The number of methoxy groups -OCH3 is 1. The number of carbonyl (C=O) groups is 1. The summed E-state index contributed by atoms with van der Waals surface area (Å²) in [5.41, 5.74) is 7.69. The number of aryl methyl sites for hydroxylation is 1. The highest BCUT2D eigenvalue weighted by Crippen LogP contribution is 2.34. The van der Waals surface area contributed by atoms with Gasteiger partial charge in [-0.3, -0.25) is 4.79 Å². The molecule has 1 heterocycles. The Morgan fingerprint density at radius 3 is 2.73 bits per heavy atom. The lowest BCUT2D eigenvalue weighted by molar-refractivity contribution is -0.0498. The minimum Gasteiger partial charge on any atom is -0.496 e. The second kappa shape index (κ2) is 7.12. The zero-order valence-corrected chi connectivity index (χ0v) is 14.7. The summed E-state index contributed by atoms with van der Waals surface area (Å²) in [6.45, 7) is -1.23. The Bertz CT molecular complexity index is 975. The van der Waals surface area contributed by atoms with Gasteiger partial charge in [-0.15, -0.1) is 0 Å². The molecule has 3 rings (SSSR count). The van der Waals surface area contributed by atoms with Gasteiger partial charge in [0.15, 0.2) is 5.13 Å². The number of fused-ring (bicyclic) bond motifs is 1. The fraction of sp³-hybridized carbons (Fsp3) is 0.176. The van der Waals surface area contributed by atoms with E-state index in [9.17, 15) is 13.6 Å². The van der Waals surface area contributed by atoms with Crippen LogP contribution >= 0.6 is 11.3 Å². The number of aromatic nitrogens is 1. The summed E-state index contributed by atoms with van der Waals surface area (Å²) in [4.78, 5) is 17.0. The minimum atomic E-state index is -2.91. The van der Waals surface area contributed by atoms with Crippen LogP contribution in [0.5, 0.6) is 11.5 Å². The largest absolute Gasteiger partial charge is 0.496 e. The highest BCUT2D eigenvalue weighted by molar-refractivity contribution is 7.22. The second-order valence-electron chi connectivity index (χ2n) is 5.35. The standard InChI is InChI=1S/C17H15F2N3O3S/c1-8-7-9(25-16(18)19)3-4-10(8)21-15(23)13-12(24-2)6-5-11-14(13)26-17(20)22-11/h3-7,16H,1-2H3,(H2,20,22)(H,21,23). The summed E-state index contributed by atoms with van der Waals surface area (Å²) in [6, 6.07) is 7.64. The van der Waals surface area contributed by atoms with Crippen LogP contribution in [0.25, 0.3) is 10.2 Å². The number of nitrogen functional groups attached to an aromatic ring is 1. The summed E-state index contributed by atoms with van der Waals surface area (Å²) in [5.74, 6) is -0.0129. The Morgan fingerprint density at radius 2 is 2.08 bits per heavy atom. The second-order valence-corrected chi connectivity index (χ2v) is 6.38. The Kier molecular flexibility index (Phi) is 4.90. The number of hydrogen-bond acceptors (Lipinski definition) is 6. The number of nitrogens with one attached hydrogen (secondary N) is 1. The molecule has 26 heavy (non-hydrogen) atoms. The first kappa shape index (κ1) is 17.9. The van der Waals surface area contributed by atoms with Crippen LogP contribution in [0.1, 0.15) is 15.9 Å². The van der Waals surface area contributed by atoms with Crippen LogP contribution in [0, 0.1) is 6.92 Å². The van der Waals surface area contributed by atoms with Crippen molar-refractivity contribution in [2.75, 3.05) is 18.2 Å². The topological polar surface area (TPSA) is 86.5 Å². The molecule has 0 aliphatic heterocycles. The van der Waals surface area contributed by atoms with Crippen molar-refractivity contribution >= 4 is 38.3 Å². The van der Waals surface area contributed by atoms with E-state index in [0.29, 0.717) is 37.9 Å². The number of nitrogens with two attached hydrogens (primary N) is 1.